The molecule has 1 aromatic carbocycles. The lowest BCUT2D eigenvalue weighted by atomic mass is 10.1. The summed E-state index contributed by atoms with van der Waals surface area (Å²) >= 11 is 0. The molecule has 0 heterocycles. The van der Waals surface area contributed by atoms with Crippen molar-refractivity contribution in [2.75, 3.05) is 25.1 Å². The number of esters is 2. The van der Waals surface area contributed by atoms with Gasteiger partial charge in [0.25, 0.3) is 5.91 Å². The topological polar surface area (TPSA) is 93.7 Å². The van der Waals surface area contributed by atoms with Crippen LogP contribution < -0.4 is 10.6 Å². The van der Waals surface area contributed by atoms with Crippen LogP contribution in [0.4, 0.5) is 5.69 Å². The van der Waals surface area contributed by atoms with Gasteiger partial charge in [-0.15, -0.1) is 6.42 Å². The zero-order valence-electron chi connectivity index (χ0n) is 16.0. The largest absolute Gasteiger partial charge is 0.466 e. The molecule has 2 N–H and O–H groups in total. The first-order valence-corrected chi connectivity index (χ1v) is 8.84. The highest BCUT2D eigenvalue weighted by atomic mass is 16.5. The first-order valence-electron chi connectivity index (χ1n) is 8.84. The minimum atomic E-state index is -0.930. The molecule has 0 unspecified atom stereocenters. The van der Waals surface area contributed by atoms with E-state index in [1.165, 1.54) is 0 Å². The molecule has 0 aliphatic carbocycles. The van der Waals surface area contributed by atoms with Gasteiger partial charge in [-0.2, -0.15) is 0 Å². The number of anilines is 1. The quantitative estimate of drug-likeness (QED) is 0.481. The number of amides is 1. The lowest BCUT2D eigenvalue weighted by Gasteiger charge is -2.18. The molecule has 0 radical (unpaired) electrons. The Morgan fingerprint density at radius 3 is 2.48 bits per heavy atom. The van der Waals surface area contributed by atoms with Crippen molar-refractivity contribution >= 4 is 23.5 Å². The zero-order valence-corrected chi connectivity index (χ0v) is 16.0. The number of terminal acetylenes is 1. The number of hydrogen-bond acceptors (Lipinski definition) is 6. The summed E-state index contributed by atoms with van der Waals surface area (Å²) in [6, 6.07) is 4.25. The third-order valence-electron chi connectivity index (χ3n) is 3.68. The zero-order chi connectivity index (χ0) is 20.2. The summed E-state index contributed by atoms with van der Waals surface area (Å²) in [5, 5.41) is 5.67. The molecular weight excluding hydrogens is 348 g/mol. The van der Waals surface area contributed by atoms with Gasteiger partial charge >= 0.3 is 11.9 Å². The Morgan fingerprint density at radius 2 is 1.89 bits per heavy atom. The Kier molecular flexibility index (Phi) is 9.45. The smallest absolute Gasteiger partial charge is 0.328 e. The van der Waals surface area contributed by atoms with Crippen LogP contribution in [0.1, 0.15) is 42.6 Å². The second-order valence-corrected chi connectivity index (χ2v) is 5.71. The molecule has 0 spiro atoms. The molecule has 7 heteroatoms. The van der Waals surface area contributed by atoms with Crippen LogP contribution in [0.15, 0.2) is 18.2 Å². The van der Waals surface area contributed by atoms with E-state index in [1.54, 1.807) is 39.0 Å². The Bertz CT molecular complexity index is 709. The number of ether oxygens (including phenoxy) is 2. The maximum Gasteiger partial charge on any atom is 0.328 e. The second kappa shape index (κ2) is 11.6. The molecule has 1 rings (SSSR count). The van der Waals surface area contributed by atoms with Crippen molar-refractivity contribution in [1.29, 1.82) is 0 Å². The van der Waals surface area contributed by atoms with Gasteiger partial charge in [-0.1, -0.05) is 5.92 Å². The van der Waals surface area contributed by atoms with Gasteiger partial charge in [-0.3, -0.25) is 9.59 Å². The minimum absolute atomic E-state index is 0.00549. The van der Waals surface area contributed by atoms with Gasteiger partial charge in [0.2, 0.25) is 0 Å². The standard InChI is InChI=1S/C20H26N2O5/c1-5-12-21-15-8-9-16(14(4)13-15)19(24)22-17(20(25)27-7-3)10-11-18(23)26-6-2/h1,8-9,13,17,21H,6-7,10-12H2,2-4H3,(H,22,24)/t17-/m0/s1. The normalized spacial score (nSPS) is 11.0. The SMILES string of the molecule is C#CCNc1ccc(C(=O)N[C@@H](CCC(=O)OCC)C(=O)OCC)c(C)c1. The third-order valence-corrected chi connectivity index (χ3v) is 3.68. The highest BCUT2D eigenvalue weighted by molar-refractivity contribution is 5.98. The van der Waals surface area contributed by atoms with Crippen LogP contribution in [0.2, 0.25) is 0 Å². The number of benzene rings is 1. The average molecular weight is 374 g/mol. The molecule has 146 valence electrons. The lowest BCUT2D eigenvalue weighted by molar-refractivity contribution is -0.146. The first kappa shape index (κ1) is 22.0. The molecule has 1 atom stereocenters. The molecule has 0 aromatic heterocycles. The molecule has 0 fully saturated rings. The Labute approximate surface area is 159 Å². The summed E-state index contributed by atoms with van der Waals surface area (Å²) in [4.78, 5) is 36.3. The summed E-state index contributed by atoms with van der Waals surface area (Å²) in [5.41, 5.74) is 1.94. The Morgan fingerprint density at radius 1 is 1.19 bits per heavy atom. The molecule has 0 saturated heterocycles. The lowest BCUT2D eigenvalue weighted by Crippen LogP contribution is -2.42. The molecule has 1 amide bonds. The van der Waals surface area contributed by atoms with E-state index in [-0.39, 0.29) is 26.1 Å². The van der Waals surface area contributed by atoms with E-state index in [0.29, 0.717) is 12.1 Å². The fraction of sp³-hybridized carbons (Fsp3) is 0.450. The first-order chi connectivity index (χ1) is 12.9. The Hall–Kier alpha value is -3.01. The van der Waals surface area contributed by atoms with Gasteiger partial charge in [0.1, 0.15) is 6.04 Å². The predicted molar refractivity (Wildman–Crippen MR) is 102 cm³/mol. The van der Waals surface area contributed by atoms with Crippen LogP contribution in [0.3, 0.4) is 0 Å². The summed E-state index contributed by atoms with van der Waals surface area (Å²) in [7, 11) is 0. The third kappa shape index (κ3) is 7.40. The molecule has 0 saturated carbocycles. The summed E-state index contributed by atoms with van der Waals surface area (Å²) in [6.07, 6.45) is 5.32. The van der Waals surface area contributed by atoms with Crippen LogP contribution in [0.25, 0.3) is 0 Å². The van der Waals surface area contributed by atoms with E-state index >= 15 is 0 Å². The van der Waals surface area contributed by atoms with Crippen LogP contribution >= 0.6 is 0 Å². The summed E-state index contributed by atoms with van der Waals surface area (Å²) in [5.74, 6) is 1.04. The summed E-state index contributed by atoms with van der Waals surface area (Å²) in [6.45, 7) is 5.98. The number of rotatable bonds is 10. The van der Waals surface area contributed by atoms with Crippen LogP contribution in [0.5, 0.6) is 0 Å². The van der Waals surface area contributed by atoms with Gasteiger partial charge < -0.3 is 20.1 Å². The van der Waals surface area contributed by atoms with Gasteiger partial charge in [-0.05, 0) is 51.0 Å². The van der Waals surface area contributed by atoms with Crippen molar-refractivity contribution in [3.63, 3.8) is 0 Å². The second-order valence-electron chi connectivity index (χ2n) is 5.71. The molecule has 0 aliphatic rings. The molecule has 7 nitrogen and oxygen atoms in total. The minimum Gasteiger partial charge on any atom is -0.466 e. The van der Waals surface area contributed by atoms with Crippen molar-refractivity contribution in [1.82, 2.24) is 5.32 Å². The van der Waals surface area contributed by atoms with Gasteiger partial charge in [0, 0.05) is 17.7 Å². The fourth-order valence-electron chi connectivity index (χ4n) is 2.40. The van der Waals surface area contributed by atoms with Gasteiger partial charge in [0.15, 0.2) is 0 Å². The maximum absolute atomic E-state index is 12.6. The predicted octanol–water partition coefficient (Wildman–Crippen LogP) is 2.04. The molecule has 1 aromatic rings. The highest BCUT2D eigenvalue weighted by Crippen LogP contribution is 2.16. The summed E-state index contributed by atoms with van der Waals surface area (Å²) < 4.78 is 9.85. The van der Waals surface area contributed by atoms with E-state index in [0.717, 1.165) is 11.3 Å². The van der Waals surface area contributed by atoms with Crippen molar-refractivity contribution in [3.05, 3.63) is 29.3 Å². The van der Waals surface area contributed by atoms with Crippen LogP contribution in [-0.4, -0.2) is 43.6 Å². The number of aryl methyl sites for hydroxylation is 1. The fourth-order valence-corrected chi connectivity index (χ4v) is 2.40. The average Bonchev–Trinajstić information content (AvgIpc) is 2.63. The van der Waals surface area contributed by atoms with Crippen molar-refractivity contribution < 1.29 is 23.9 Å². The van der Waals surface area contributed by atoms with Gasteiger partial charge in [0.05, 0.1) is 19.8 Å². The van der Waals surface area contributed by atoms with E-state index in [4.69, 9.17) is 15.9 Å². The van der Waals surface area contributed by atoms with Crippen molar-refractivity contribution in [2.45, 2.75) is 39.7 Å². The van der Waals surface area contributed by atoms with E-state index in [1.807, 2.05) is 0 Å². The number of carbonyl (C=O) groups excluding carboxylic acids is 3. The molecule has 27 heavy (non-hydrogen) atoms. The van der Waals surface area contributed by atoms with Crippen molar-refractivity contribution in [2.24, 2.45) is 0 Å². The molecule has 0 aliphatic heterocycles. The number of nitrogens with one attached hydrogen (secondary N) is 2. The molecular formula is C20H26N2O5. The molecule has 0 bridgehead atoms. The van der Waals surface area contributed by atoms with E-state index in [9.17, 15) is 14.4 Å². The Balaban J connectivity index is 2.84. The van der Waals surface area contributed by atoms with Crippen LogP contribution in [0, 0.1) is 19.3 Å². The van der Waals surface area contributed by atoms with Crippen LogP contribution in [-0.2, 0) is 19.1 Å². The number of carbonyl (C=O) groups is 3. The van der Waals surface area contributed by atoms with Gasteiger partial charge in [-0.25, -0.2) is 4.79 Å². The number of hydrogen-bond donors (Lipinski definition) is 2. The van der Waals surface area contributed by atoms with Crippen molar-refractivity contribution in [3.8, 4) is 12.3 Å². The van der Waals surface area contributed by atoms with E-state index in [2.05, 4.69) is 16.6 Å². The highest BCUT2D eigenvalue weighted by Gasteiger charge is 2.24. The monoisotopic (exact) mass is 374 g/mol. The van der Waals surface area contributed by atoms with E-state index < -0.39 is 23.9 Å². The maximum atomic E-state index is 12.6.